The van der Waals surface area contributed by atoms with E-state index in [9.17, 15) is 10.2 Å². The highest BCUT2D eigenvalue weighted by Gasteiger charge is 2.17. The van der Waals surface area contributed by atoms with E-state index in [0.717, 1.165) is 41.7 Å². The molecule has 25 heavy (non-hydrogen) atoms. The minimum absolute atomic E-state index is 0.567. The van der Waals surface area contributed by atoms with Gasteiger partial charge in [-0.15, -0.1) is 0 Å². The van der Waals surface area contributed by atoms with E-state index < -0.39 is 12.2 Å². The molecule has 136 valence electrons. The third-order valence-electron chi connectivity index (χ3n) is 4.59. The third-order valence-corrected chi connectivity index (χ3v) is 4.59. The standard InChI is InChI=1S/C22H30O3/c1-15(8-9-19-13-21(23)18(4)12-22(19)24)6-5-7-16(2)10-20-11-17(3)14-25-20/h7-8,11-14,21-24H,5-6,9-10H2,1-4H3/b15-8+,16-7+. The molecule has 0 fully saturated rings. The number of aryl methyl sites for hydroxylation is 1. The molecule has 0 saturated heterocycles. The summed E-state index contributed by atoms with van der Waals surface area (Å²) in [5, 5.41) is 19.9. The number of hydrogen-bond acceptors (Lipinski definition) is 3. The fourth-order valence-electron chi connectivity index (χ4n) is 2.95. The highest BCUT2D eigenvalue weighted by Crippen LogP contribution is 2.22. The SMILES string of the molecule is CC1=CC(O)C(C/C=C(\C)CC/C=C(\C)Cc2cc(C)co2)=CC1O. The van der Waals surface area contributed by atoms with Gasteiger partial charge >= 0.3 is 0 Å². The molecule has 2 rings (SSSR count). The zero-order valence-corrected chi connectivity index (χ0v) is 15.7. The number of rotatable bonds is 7. The lowest BCUT2D eigenvalue weighted by atomic mass is 9.93. The van der Waals surface area contributed by atoms with Crippen molar-refractivity contribution in [3.05, 3.63) is 70.2 Å². The molecular weight excluding hydrogens is 312 g/mol. The van der Waals surface area contributed by atoms with Crippen LogP contribution in [-0.4, -0.2) is 22.4 Å². The van der Waals surface area contributed by atoms with Gasteiger partial charge in [0.15, 0.2) is 0 Å². The lowest BCUT2D eigenvalue weighted by Crippen LogP contribution is -2.19. The Morgan fingerprint density at radius 1 is 1.08 bits per heavy atom. The number of allylic oxidation sites excluding steroid dienone is 4. The van der Waals surface area contributed by atoms with Crippen LogP contribution in [0.4, 0.5) is 0 Å². The van der Waals surface area contributed by atoms with Crippen molar-refractivity contribution in [2.45, 2.75) is 65.6 Å². The summed E-state index contributed by atoms with van der Waals surface area (Å²) in [6, 6.07) is 2.08. The van der Waals surface area contributed by atoms with E-state index in [4.69, 9.17) is 4.42 Å². The first-order chi connectivity index (χ1) is 11.8. The van der Waals surface area contributed by atoms with Gasteiger partial charge in [0, 0.05) is 6.42 Å². The van der Waals surface area contributed by atoms with Gasteiger partial charge in [0.1, 0.15) is 5.76 Å². The molecule has 0 aromatic carbocycles. The Bertz CT molecular complexity index is 701. The van der Waals surface area contributed by atoms with Gasteiger partial charge in [-0.05, 0) is 75.8 Å². The second-order valence-corrected chi connectivity index (χ2v) is 7.15. The summed E-state index contributed by atoms with van der Waals surface area (Å²) in [5.74, 6) is 1.01. The Kier molecular flexibility index (Phi) is 7.03. The first-order valence-corrected chi connectivity index (χ1v) is 8.95. The predicted molar refractivity (Wildman–Crippen MR) is 102 cm³/mol. The maximum Gasteiger partial charge on any atom is 0.108 e. The van der Waals surface area contributed by atoms with E-state index in [1.54, 1.807) is 18.4 Å². The van der Waals surface area contributed by atoms with Crippen LogP contribution < -0.4 is 0 Å². The van der Waals surface area contributed by atoms with Crippen LogP contribution in [0.1, 0.15) is 51.4 Å². The minimum Gasteiger partial charge on any atom is -0.469 e. The van der Waals surface area contributed by atoms with E-state index in [2.05, 4.69) is 32.1 Å². The Morgan fingerprint density at radius 3 is 2.52 bits per heavy atom. The molecule has 1 aliphatic carbocycles. The van der Waals surface area contributed by atoms with Crippen LogP contribution >= 0.6 is 0 Å². The fourth-order valence-corrected chi connectivity index (χ4v) is 2.95. The molecule has 2 unspecified atom stereocenters. The topological polar surface area (TPSA) is 53.6 Å². The molecule has 0 bridgehead atoms. The first-order valence-electron chi connectivity index (χ1n) is 8.95. The molecule has 1 heterocycles. The van der Waals surface area contributed by atoms with Crippen molar-refractivity contribution in [3.63, 3.8) is 0 Å². The quantitative estimate of drug-likeness (QED) is 0.700. The van der Waals surface area contributed by atoms with E-state index in [-0.39, 0.29) is 0 Å². The largest absolute Gasteiger partial charge is 0.469 e. The summed E-state index contributed by atoms with van der Waals surface area (Å²) in [4.78, 5) is 0. The van der Waals surface area contributed by atoms with Crippen molar-refractivity contribution in [1.29, 1.82) is 0 Å². The second-order valence-electron chi connectivity index (χ2n) is 7.15. The number of aliphatic hydroxyl groups is 2. The molecule has 0 amide bonds. The van der Waals surface area contributed by atoms with Crippen molar-refractivity contribution in [2.75, 3.05) is 0 Å². The highest BCUT2D eigenvalue weighted by atomic mass is 16.3. The highest BCUT2D eigenvalue weighted by molar-refractivity contribution is 5.31. The van der Waals surface area contributed by atoms with Gasteiger partial charge in [-0.2, -0.15) is 0 Å². The van der Waals surface area contributed by atoms with Crippen molar-refractivity contribution in [1.82, 2.24) is 0 Å². The summed E-state index contributed by atoms with van der Waals surface area (Å²) < 4.78 is 5.49. The average molecular weight is 342 g/mol. The summed E-state index contributed by atoms with van der Waals surface area (Å²) in [6.45, 7) is 8.12. The fraction of sp³-hybridized carbons (Fsp3) is 0.455. The molecule has 3 nitrogen and oxygen atoms in total. The van der Waals surface area contributed by atoms with E-state index in [1.807, 2.05) is 13.8 Å². The van der Waals surface area contributed by atoms with Crippen molar-refractivity contribution < 1.29 is 14.6 Å². The van der Waals surface area contributed by atoms with Crippen LogP contribution in [0.5, 0.6) is 0 Å². The Morgan fingerprint density at radius 2 is 1.84 bits per heavy atom. The summed E-state index contributed by atoms with van der Waals surface area (Å²) >= 11 is 0. The van der Waals surface area contributed by atoms with Crippen LogP contribution in [0.3, 0.4) is 0 Å². The van der Waals surface area contributed by atoms with Crippen molar-refractivity contribution in [2.24, 2.45) is 0 Å². The Labute approximate surface area is 151 Å². The maximum absolute atomic E-state index is 10.1. The molecular formula is C22H30O3. The molecule has 0 spiro atoms. The smallest absolute Gasteiger partial charge is 0.108 e. The number of hydrogen-bond donors (Lipinski definition) is 2. The van der Waals surface area contributed by atoms with Gasteiger partial charge in [-0.1, -0.05) is 29.4 Å². The van der Waals surface area contributed by atoms with Gasteiger partial charge in [-0.25, -0.2) is 0 Å². The van der Waals surface area contributed by atoms with Gasteiger partial charge < -0.3 is 14.6 Å². The van der Waals surface area contributed by atoms with E-state index in [1.165, 1.54) is 11.1 Å². The molecule has 2 N–H and O–H groups in total. The summed E-state index contributed by atoms with van der Waals surface area (Å²) in [6.07, 6.45) is 12.1. The van der Waals surface area contributed by atoms with Crippen molar-refractivity contribution in [3.8, 4) is 0 Å². The lowest BCUT2D eigenvalue weighted by Gasteiger charge is -2.20. The average Bonchev–Trinajstić information content (AvgIpc) is 2.94. The number of furan rings is 1. The third kappa shape index (κ3) is 6.18. The van der Waals surface area contributed by atoms with Crippen LogP contribution in [0.15, 0.2) is 63.3 Å². The summed E-state index contributed by atoms with van der Waals surface area (Å²) in [7, 11) is 0. The normalized spacial score (nSPS) is 22.0. The van der Waals surface area contributed by atoms with Crippen LogP contribution in [0.2, 0.25) is 0 Å². The molecule has 1 aromatic rings. The molecule has 0 radical (unpaired) electrons. The Hall–Kier alpha value is -1.84. The van der Waals surface area contributed by atoms with Gasteiger partial charge in [0.2, 0.25) is 0 Å². The van der Waals surface area contributed by atoms with Crippen molar-refractivity contribution >= 4 is 0 Å². The van der Waals surface area contributed by atoms with Crippen LogP contribution in [-0.2, 0) is 6.42 Å². The second kappa shape index (κ2) is 9.02. The predicted octanol–water partition coefficient (Wildman–Crippen LogP) is 4.80. The van der Waals surface area contributed by atoms with E-state index >= 15 is 0 Å². The molecule has 0 aliphatic heterocycles. The summed E-state index contributed by atoms with van der Waals surface area (Å²) in [5.41, 5.74) is 5.46. The molecule has 3 heteroatoms. The minimum atomic E-state index is -0.577. The van der Waals surface area contributed by atoms with Crippen LogP contribution in [0, 0.1) is 6.92 Å². The molecule has 0 saturated carbocycles. The van der Waals surface area contributed by atoms with Gasteiger partial charge in [0.05, 0.1) is 18.5 Å². The lowest BCUT2D eigenvalue weighted by molar-refractivity contribution is 0.220. The van der Waals surface area contributed by atoms with Crippen LogP contribution in [0.25, 0.3) is 0 Å². The molecule has 1 aliphatic rings. The van der Waals surface area contributed by atoms with Gasteiger partial charge in [-0.3, -0.25) is 0 Å². The first kappa shape index (κ1) is 19.5. The monoisotopic (exact) mass is 342 g/mol. The molecule has 2 atom stereocenters. The Balaban J connectivity index is 1.79. The molecule has 1 aromatic heterocycles. The van der Waals surface area contributed by atoms with Gasteiger partial charge in [0.25, 0.3) is 0 Å². The van der Waals surface area contributed by atoms with E-state index in [0.29, 0.717) is 6.42 Å². The zero-order chi connectivity index (χ0) is 18.4. The zero-order valence-electron chi connectivity index (χ0n) is 15.7. The maximum atomic E-state index is 10.1. The number of aliphatic hydroxyl groups excluding tert-OH is 2.